The smallest absolute Gasteiger partial charge is 0.329 e. The molecule has 0 radical (unpaired) electrons. The van der Waals surface area contributed by atoms with Gasteiger partial charge in [0.15, 0.2) is 0 Å². The molecule has 0 spiro atoms. The molecule has 8 nitrogen and oxygen atoms in total. The third kappa shape index (κ3) is 3.22. The lowest BCUT2D eigenvalue weighted by Crippen LogP contribution is -2.43. The topological polar surface area (TPSA) is 101 Å². The summed E-state index contributed by atoms with van der Waals surface area (Å²) < 4.78 is 6.83. The number of hydrogen-bond acceptors (Lipinski definition) is 5. The first-order valence-electron chi connectivity index (χ1n) is 9.30. The number of hydrogen-bond donors (Lipinski definition) is 1. The summed E-state index contributed by atoms with van der Waals surface area (Å²) in [6.45, 7) is 1.91. The van der Waals surface area contributed by atoms with Gasteiger partial charge in [0.1, 0.15) is 6.04 Å². The zero-order chi connectivity index (χ0) is 20.5. The molecule has 0 fully saturated rings. The van der Waals surface area contributed by atoms with Crippen molar-refractivity contribution in [3.05, 3.63) is 70.1 Å². The minimum atomic E-state index is -1.03. The predicted octanol–water partition coefficient (Wildman–Crippen LogP) is 1.95. The Kier molecular flexibility index (Phi) is 4.75. The molecule has 1 N–H and O–H groups in total. The number of esters is 1. The molecule has 8 heteroatoms. The fourth-order valence-electron chi connectivity index (χ4n) is 3.51. The number of nitrogens with zero attached hydrogens (tertiary/aromatic N) is 2. The van der Waals surface area contributed by atoms with Crippen molar-refractivity contribution in [3.8, 4) is 0 Å². The maximum atomic E-state index is 12.5. The lowest BCUT2D eigenvalue weighted by atomic mass is 10.1. The number of imide groups is 1. The highest BCUT2D eigenvalue weighted by Crippen LogP contribution is 2.24. The Balaban J connectivity index is 1.35. The summed E-state index contributed by atoms with van der Waals surface area (Å²) in [7, 11) is 0. The minimum absolute atomic E-state index is 0.0677. The maximum Gasteiger partial charge on any atom is 0.329 e. The highest BCUT2D eigenvalue weighted by atomic mass is 16.5. The van der Waals surface area contributed by atoms with Crippen molar-refractivity contribution in [1.29, 1.82) is 0 Å². The Labute approximate surface area is 165 Å². The molecule has 2 aromatic carbocycles. The Hall–Kier alpha value is -3.68. The fraction of sp³-hybridized carbons (Fsp3) is 0.238. The number of aromatic amines is 1. The van der Waals surface area contributed by atoms with E-state index in [1.165, 1.54) is 6.92 Å². The number of carbonyl (C=O) groups is 3. The number of aryl methyl sites for hydroxylation is 1. The van der Waals surface area contributed by atoms with Crippen LogP contribution < -0.4 is 5.69 Å². The molecule has 1 aliphatic rings. The van der Waals surface area contributed by atoms with Crippen LogP contribution in [0.2, 0.25) is 0 Å². The first-order valence-corrected chi connectivity index (χ1v) is 9.30. The van der Waals surface area contributed by atoms with Crippen LogP contribution in [-0.4, -0.2) is 44.9 Å². The standard InChI is InChI=1S/C21H19N3O5/c1-13(24-18(25)14-7-2-3-8-15(14)19(24)26)20(27)29-12-6-11-23-17-10-5-4-9-16(17)22-21(23)28/h2-5,7-10,13H,6,11-12H2,1H3,(H,22,28)/t13-/m1/s1. The van der Waals surface area contributed by atoms with E-state index in [2.05, 4.69) is 4.98 Å². The van der Waals surface area contributed by atoms with E-state index < -0.39 is 23.8 Å². The summed E-state index contributed by atoms with van der Waals surface area (Å²) in [4.78, 5) is 53.0. The van der Waals surface area contributed by atoms with E-state index >= 15 is 0 Å². The zero-order valence-corrected chi connectivity index (χ0v) is 15.8. The number of H-pyrrole nitrogens is 1. The number of imidazole rings is 1. The van der Waals surface area contributed by atoms with Gasteiger partial charge in [0.05, 0.1) is 28.8 Å². The number of benzene rings is 2. The van der Waals surface area contributed by atoms with Crippen LogP contribution in [0.3, 0.4) is 0 Å². The van der Waals surface area contributed by atoms with E-state index in [4.69, 9.17) is 4.74 Å². The summed E-state index contributed by atoms with van der Waals surface area (Å²) in [5.74, 6) is -1.66. The quantitative estimate of drug-likeness (QED) is 0.392. The molecule has 0 bridgehead atoms. The van der Waals surface area contributed by atoms with Crippen molar-refractivity contribution in [1.82, 2.24) is 14.5 Å². The minimum Gasteiger partial charge on any atom is -0.464 e. The van der Waals surface area contributed by atoms with Crippen LogP contribution in [-0.2, 0) is 16.1 Å². The third-order valence-corrected chi connectivity index (χ3v) is 5.01. The summed E-state index contributed by atoms with van der Waals surface area (Å²) >= 11 is 0. The zero-order valence-electron chi connectivity index (χ0n) is 15.8. The molecule has 2 heterocycles. The van der Waals surface area contributed by atoms with Crippen LogP contribution in [0.5, 0.6) is 0 Å². The second kappa shape index (κ2) is 7.38. The highest BCUT2D eigenvalue weighted by molar-refractivity contribution is 6.22. The molecule has 4 rings (SSSR count). The van der Waals surface area contributed by atoms with Crippen LogP contribution in [0.15, 0.2) is 53.3 Å². The Morgan fingerprint density at radius 3 is 2.31 bits per heavy atom. The number of nitrogens with one attached hydrogen (secondary N) is 1. The van der Waals surface area contributed by atoms with Gasteiger partial charge in [-0.05, 0) is 37.6 Å². The second-order valence-electron chi connectivity index (χ2n) is 6.82. The van der Waals surface area contributed by atoms with Crippen molar-refractivity contribution in [3.63, 3.8) is 0 Å². The number of rotatable bonds is 6. The highest BCUT2D eigenvalue weighted by Gasteiger charge is 2.41. The van der Waals surface area contributed by atoms with Crippen molar-refractivity contribution in [2.24, 2.45) is 0 Å². The number of ether oxygens (including phenoxy) is 1. The maximum absolute atomic E-state index is 12.5. The molecular formula is C21H19N3O5. The molecule has 148 valence electrons. The average molecular weight is 393 g/mol. The van der Waals surface area contributed by atoms with Gasteiger partial charge in [0, 0.05) is 6.54 Å². The molecule has 1 aliphatic heterocycles. The van der Waals surface area contributed by atoms with E-state index in [9.17, 15) is 19.2 Å². The number of carbonyl (C=O) groups excluding carboxylic acids is 3. The summed E-state index contributed by atoms with van der Waals surface area (Å²) in [6.07, 6.45) is 0.419. The first kappa shape index (κ1) is 18.7. The van der Waals surface area contributed by atoms with Crippen LogP contribution in [0.25, 0.3) is 11.0 Å². The molecule has 0 unspecified atom stereocenters. The molecule has 29 heavy (non-hydrogen) atoms. The summed E-state index contributed by atoms with van der Waals surface area (Å²) in [5, 5.41) is 0. The van der Waals surface area contributed by atoms with Crippen molar-refractivity contribution >= 4 is 28.8 Å². The van der Waals surface area contributed by atoms with Gasteiger partial charge in [-0.1, -0.05) is 24.3 Å². The van der Waals surface area contributed by atoms with Crippen molar-refractivity contribution in [2.75, 3.05) is 6.61 Å². The summed E-state index contributed by atoms with van der Waals surface area (Å²) in [5.41, 5.74) is 1.88. The number of para-hydroxylation sites is 2. The number of aromatic nitrogens is 2. The van der Waals surface area contributed by atoms with Crippen LogP contribution in [0.4, 0.5) is 0 Å². The first-order chi connectivity index (χ1) is 14.0. The molecule has 0 aliphatic carbocycles. The monoisotopic (exact) mass is 393 g/mol. The Morgan fingerprint density at radius 1 is 1.00 bits per heavy atom. The lowest BCUT2D eigenvalue weighted by Gasteiger charge is -2.20. The molecular weight excluding hydrogens is 374 g/mol. The third-order valence-electron chi connectivity index (χ3n) is 5.01. The number of amides is 2. The van der Waals surface area contributed by atoms with E-state index in [1.54, 1.807) is 28.8 Å². The summed E-state index contributed by atoms with van der Waals surface area (Å²) in [6, 6.07) is 12.8. The fourth-order valence-corrected chi connectivity index (χ4v) is 3.51. The van der Waals surface area contributed by atoms with Crippen LogP contribution >= 0.6 is 0 Å². The molecule has 1 atom stereocenters. The van der Waals surface area contributed by atoms with Crippen molar-refractivity contribution in [2.45, 2.75) is 25.9 Å². The van der Waals surface area contributed by atoms with Gasteiger partial charge < -0.3 is 9.72 Å². The SMILES string of the molecule is C[C@H](C(=O)OCCCn1c(=O)[nH]c2ccccc21)N1C(=O)c2ccccc2C1=O. The van der Waals surface area contributed by atoms with E-state index in [1.807, 2.05) is 24.3 Å². The van der Waals surface area contributed by atoms with Gasteiger partial charge in [-0.15, -0.1) is 0 Å². The molecule has 0 saturated carbocycles. The van der Waals surface area contributed by atoms with Gasteiger partial charge >= 0.3 is 11.7 Å². The van der Waals surface area contributed by atoms with Gasteiger partial charge in [0.25, 0.3) is 11.8 Å². The molecule has 2 amide bonds. The normalized spacial score (nSPS) is 14.3. The Morgan fingerprint density at radius 2 is 1.62 bits per heavy atom. The van der Waals surface area contributed by atoms with E-state index in [0.717, 1.165) is 15.9 Å². The predicted molar refractivity (Wildman–Crippen MR) is 105 cm³/mol. The molecule has 1 aromatic heterocycles. The molecule has 3 aromatic rings. The average Bonchev–Trinajstić information content (AvgIpc) is 3.18. The van der Waals surface area contributed by atoms with Crippen molar-refractivity contribution < 1.29 is 19.1 Å². The van der Waals surface area contributed by atoms with Gasteiger partial charge in [-0.3, -0.25) is 19.1 Å². The van der Waals surface area contributed by atoms with Crippen LogP contribution in [0.1, 0.15) is 34.1 Å². The Bertz CT molecular complexity index is 1140. The second-order valence-corrected chi connectivity index (χ2v) is 6.82. The lowest BCUT2D eigenvalue weighted by molar-refractivity contribution is -0.147. The largest absolute Gasteiger partial charge is 0.464 e. The van der Waals surface area contributed by atoms with Gasteiger partial charge in [-0.25, -0.2) is 9.59 Å². The van der Waals surface area contributed by atoms with E-state index in [-0.39, 0.29) is 23.4 Å². The number of fused-ring (bicyclic) bond motifs is 2. The van der Waals surface area contributed by atoms with Crippen LogP contribution in [0, 0.1) is 0 Å². The van der Waals surface area contributed by atoms with Gasteiger partial charge in [-0.2, -0.15) is 0 Å². The van der Waals surface area contributed by atoms with E-state index in [0.29, 0.717) is 13.0 Å². The molecule has 0 saturated heterocycles. The van der Waals surface area contributed by atoms with Gasteiger partial charge in [0.2, 0.25) is 0 Å².